The van der Waals surface area contributed by atoms with E-state index in [9.17, 15) is 10.1 Å². The molecule has 0 saturated heterocycles. The molecule has 7 heteroatoms. The number of nitrogens with zero attached hydrogens (tertiary/aromatic N) is 4. The van der Waals surface area contributed by atoms with Gasteiger partial charge >= 0.3 is 0 Å². The van der Waals surface area contributed by atoms with Gasteiger partial charge in [-0.3, -0.25) is 10.1 Å². The molecule has 0 atom stereocenters. The first kappa shape index (κ1) is 13.0. The number of nitrogens with one attached hydrogen (secondary N) is 1. The monoisotopic (exact) mass is 261 g/mol. The van der Waals surface area contributed by atoms with Crippen molar-refractivity contribution < 1.29 is 4.92 Å². The molecule has 0 saturated carbocycles. The molecule has 0 radical (unpaired) electrons. The molecule has 2 aromatic heterocycles. The van der Waals surface area contributed by atoms with E-state index in [4.69, 9.17) is 0 Å². The molecule has 2 rings (SSSR count). The van der Waals surface area contributed by atoms with Crippen LogP contribution in [-0.4, -0.2) is 26.0 Å². The molecule has 0 aliphatic rings. The van der Waals surface area contributed by atoms with Crippen LogP contribution in [0.4, 0.5) is 11.5 Å². The SMILES string of the molecule is O=[N+]([O-])c1ccc(NCCCCn2ccnc2)nc1. The van der Waals surface area contributed by atoms with Crippen molar-refractivity contribution in [2.24, 2.45) is 0 Å². The normalized spacial score (nSPS) is 10.3. The highest BCUT2D eigenvalue weighted by Gasteiger charge is 2.04. The molecule has 0 unspecified atom stereocenters. The third kappa shape index (κ3) is 4.06. The van der Waals surface area contributed by atoms with Crippen LogP contribution >= 0.6 is 0 Å². The Balaban J connectivity index is 1.66. The highest BCUT2D eigenvalue weighted by molar-refractivity contribution is 5.39. The fourth-order valence-corrected chi connectivity index (χ4v) is 1.65. The number of hydrogen-bond donors (Lipinski definition) is 1. The number of rotatable bonds is 7. The Hall–Kier alpha value is -2.44. The van der Waals surface area contributed by atoms with Crippen molar-refractivity contribution >= 4 is 11.5 Å². The van der Waals surface area contributed by atoms with Gasteiger partial charge in [-0.05, 0) is 18.9 Å². The summed E-state index contributed by atoms with van der Waals surface area (Å²) in [4.78, 5) is 18.0. The average molecular weight is 261 g/mol. The van der Waals surface area contributed by atoms with Crippen LogP contribution < -0.4 is 5.32 Å². The predicted molar refractivity (Wildman–Crippen MR) is 70.8 cm³/mol. The van der Waals surface area contributed by atoms with Crippen LogP contribution in [0.3, 0.4) is 0 Å². The van der Waals surface area contributed by atoms with Crippen molar-refractivity contribution in [3.8, 4) is 0 Å². The zero-order valence-corrected chi connectivity index (χ0v) is 10.4. The van der Waals surface area contributed by atoms with Gasteiger partial charge in [0, 0.05) is 31.5 Å². The van der Waals surface area contributed by atoms with Crippen molar-refractivity contribution in [1.29, 1.82) is 0 Å². The van der Waals surface area contributed by atoms with Gasteiger partial charge in [0.2, 0.25) is 0 Å². The predicted octanol–water partition coefficient (Wildman–Crippen LogP) is 2.08. The minimum atomic E-state index is -0.456. The number of aromatic nitrogens is 3. The number of hydrogen-bond acceptors (Lipinski definition) is 5. The van der Waals surface area contributed by atoms with Gasteiger partial charge in [-0.2, -0.15) is 0 Å². The van der Waals surface area contributed by atoms with Gasteiger partial charge in [-0.1, -0.05) is 0 Å². The van der Waals surface area contributed by atoms with Crippen LogP contribution in [-0.2, 0) is 6.54 Å². The summed E-state index contributed by atoms with van der Waals surface area (Å²) in [5.74, 6) is 0.660. The molecule has 7 nitrogen and oxygen atoms in total. The van der Waals surface area contributed by atoms with Gasteiger partial charge in [-0.15, -0.1) is 0 Å². The van der Waals surface area contributed by atoms with E-state index in [0.29, 0.717) is 5.82 Å². The Morgan fingerprint density at radius 2 is 2.26 bits per heavy atom. The number of aryl methyl sites for hydroxylation is 1. The fourth-order valence-electron chi connectivity index (χ4n) is 1.65. The molecule has 0 aromatic carbocycles. The van der Waals surface area contributed by atoms with E-state index in [2.05, 4.69) is 15.3 Å². The van der Waals surface area contributed by atoms with E-state index >= 15 is 0 Å². The van der Waals surface area contributed by atoms with E-state index in [1.54, 1.807) is 18.6 Å². The third-order valence-corrected chi connectivity index (χ3v) is 2.67. The first-order valence-corrected chi connectivity index (χ1v) is 6.06. The van der Waals surface area contributed by atoms with Gasteiger partial charge in [0.15, 0.2) is 0 Å². The summed E-state index contributed by atoms with van der Waals surface area (Å²) in [6.07, 6.45) is 8.79. The lowest BCUT2D eigenvalue weighted by molar-refractivity contribution is -0.385. The molecule has 0 aliphatic carbocycles. The molecule has 0 amide bonds. The second-order valence-corrected chi connectivity index (χ2v) is 4.09. The maximum atomic E-state index is 10.5. The Morgan fingerprint density at radius 1 is 1.37 bits per heavy atom. The first-order valence-electron chi connectivity index (χ1n) is 6.06. The number of anilines is 1. The molecular formula is C12H15N5O2. The maximum Gasteiger partial charge on any atom is 0.287 e. The van der Waals surface area contributed by atoms with E-state index in [-0.39, 0.29) is 5.69 Å². The smallest absolute Gasteiger partial charge is 0.287 e. The van der Waals surface area contributed by atoms with Crippen molar-refractivity contribution in [3.63, 3.8) is 0 Å². The summed E-state index contributed by atoms with van der Waals surface area (Å²) in [7, 11) is 0. The quantitative estimate of drug-likeness (QED) is 0.468. The van der Waals surface area contributed by atoms with Crippen molar-refractivity contribution in [2.45, 2.75) is 19.4 Å². The van der Waals surface area contributed by atoms with Crippen LogP contribution in [0.5, 0.6) is 0 Å². The Kier molecular flexibility index (Phi) is 4.44. The number of unbranched alkanes of at least 4 members (excludes halogenated alkanes) is 1. The van der Waals surface area contributed by atoms with Crippen LogP contribution in [0, 0.1) is 10.1 Å². The molecule has 0 spiro atoms. The summed E-state index contributed by atoms with van der Waals surface area (Å²) in [5, 5.41) is 13.6. The summed E-state index contributed by atoms with van der Waals surface area (Å²) < 4.78 is 2.03. The Labute approximate surface area is 110 Å². The minimum absolute atomic E-state index is 0.00524. The van der Waals surface area contributed by atoms with Gasteiger partial charge < -0.3 is 9.88 Å². The Morgan fingerprint density at radius 3 is 2.89 bits per heavy atom. The van der Waals surface area contributed by atoms with E-state index in [1.807, 2.05) is 10.8 Å². The van der Waals surface area contributed by atoms with Crippen LogP contribution in [0.2, 0.25) is 0 Å². The molecule has 0 aliphatic heterocycles. The van der Waals surface area contributed by atoms with Crippen molar-refractivity contribution in [2.75, 3.05) is 11.9 Å². The maximum absolute atomic E-state index is 10.5. The largest absolute Gasteiger partial charge is 0.370 e. The molecule has 2 heterocycles. The summed E-state index contributed by atoms with van der Waals surface area (Å²) in [6, 6.07) is 3.06. The van der Waals surface area contributed by atoms with Crippen LogP contribution in [0.1, 0.15) is 12.8 Å². The lowest BCUT2D eigenvalue weighted by Gasteiger charge is -2.05. The lowest BCUT2D eigenvalue weighted by atomic mass is 10.3. The number of nitro groups is 1. The second kappa shape index (κ2) is 6.48. The van der Waals surface area contributed by atoms with Gasteiger partial charge in [-0.25, -0.2) is 9.97 Å². The molecule has 0 fully saturated rings. The van der Waals surface area contributed by atoms with E-state index in [0.717, 1.165) is 25.9 Å². The number of imidazole rings is 1. The first-order chi connectivity index (χ1) is 9.25. The number of pyridine rings is 1. The van der Waals surface area contributed by atoms with Crippen LogP contribution in [0.25, 0.3) is 0 Å². The summed E-state index contributed by atoms with van der Waals surface area (Å²) >= 11 is 0. The zero-order valence-electron chi connectivity index (χ0n) is 10.4. The third-order valence-electron chi connectivity index (χ3n) is 2.67. The van der Waals surface area contributed by atoms with Gasteiger partial charge in [0.1, 0.15) is 12.0 Å². The molecule has 0 bridgehead atoms. The standard InChI is InChI=1S/C12H15N5O2/c18-17(19)11-3-4-12(15-9-11)14-5-1-2-7-16-8-6-13-10-16/h3-4,6,8-10H,1-2,5,7H2,(H,14,15). The lowest BCUT2D eigenvalue weighted by Crippen LogP contribution is -2.05. The zero-order chi connectivity index (χ0) is 13.5. The van der Waals surface area contributed by atoms with Crippen molar-refractivity contribution in [3.05, 3.63) is 47.2 Å². The molecular weight excluding hydrogens is 246 g/mol. The van der Waals surface area contributed by atoms with Gasteiger partial charge in [0.25, 0.3) is 5.69 Å². The molecule has 19 heavy (non-hydrogen) atoms. The molecule has 1 N–H and O–H groups in total. The van der Waals surface area contributed by atoms with Crippen LogP contribution in [0.15, 0.2) is 37.1 Å². The average Bonchev–Trinajstić information content (AvgIpc) is 2.92. The highest BCUT2D eigenvalue weighted by Crippen LogP contribution is 2.11. The van der Waals surface area contributed by atoms with Gasteiger partial charge in [0.05, 0.1) is 11.3 Å². The summed E-state index contributed by atoms with van der Waals surface area (Å²) in [5.41, 5.74) is 0.00524. The molecule has 100 valence electrons. The second-order valence-electron chi connectivity index (χ2n) is 4.09. The molecule has 2 aromatic rings. The van der Waals surface area contributed by atoms with E-state index in [1.165, 1.54) is 12.3 Å². The van der Waals surface area contributed by atoms with E-state index < -0.39 is 4.92 Å². The minimum Gasteiger partial charge on any atom is -0.370 e. The fraction of sp³-hybridized carbons (Fsp3) is 0.333. The van der Waals surface area contributed by atoms with Crippen molar-refractivity contribution in [1.82, 2.24) is 14.5 Å². The topological polar surface area (TPSA) is 85.9 Å². The summed E-state index contributed by atoms with van der Waals surface area (Å²) in [6.45, 7) is 1.73. The Bertz CT molecular complexity index is 509. The highest BCUT2D eigenvalue weighted by atomic mass is 16.6.